The molecule has 2 heterocycles. The lowest BCUT2D eigenvalue weighted by molar-refractivity contribution is -0.132. The van der Waals surface area contributed by atoms with Crippen LogP contribution in [0.1, 0.15) is 13.3 Å². The SMILES string of the molecule is COc1cc(OC)cc(N2CCC(NC(=O)[C@H]3NCCO[C@@H]3C)C2=O)c1. The summed E-state index contributed by atoms with van der Waals surface area (Å²) in [6.45, 7) is 3.57. The molecule has 1 aromatic rings. The van der Waals surface area contributed by atoms with Gasteiger partial charge in [0.1, 0.15) is 23.6 Å². The second-order valence-electron chi connectivity index (χ2n) is 6.42. The van der Waals surface area contributed by atoms with Crippen LogP contribution in [0.25, 0.3) is 0 Å². The lowest BCUT2D eigenvalue weighted by Gasteiger charge is -2.30. The number of nitrogens with one attached hydrogen (secondary N) is 2. The molecular formula is C18H25N3O5. The molecule has 2 saturated heterocycles. The van der Waals surface area contributed by atoms with E-state index in [1.165, 1.54) is 0 Å². The number of amides is 2. The molecule has 142 valence electrons. The van der Waals surface area contributed by atoms with E-state index in [1.54, 1.807) is 37.3 Å². The van der Waals surface area contributed by atoms with Crippen LogP contribution in [0.15, 0.2) is 18.2 Å². The average Bonchev–Trinajstić information content (AvgIpc) is 3.02. The van der Waals surface area contributed by atoms with Gasteiger partial charge in [-0.2, -0.15) is 0 Å². The Morgan fingerprint density at radius 3 is 2.58 bits per heavy atom. The molecule has 2 fully saturated rings. The molecule has 0 radical (unpaired) electrons. The van der Waals surface area contributed by atoms with Crippen molar-refractivity contribution in [3.8, 4) is 11.5 Å². The highest BCUT2D eigenvalue weighted by Crippen LogP contribution is 2.31. The summed E-state index contributed by atoms with van der Waals surface area (Å²) in [5, 5.41) is 5.99. The fourth-order valence-electron chi connectivity index (χ4n) is 3.31. The van der Waals surface area contributed by atoms with E-state index in [2.05, 4.69) is 10.6 Å². The minimum absolute atomic E-state index is 0.141. The van der Waals surface area contributed by atoms with Crippen molar-refractivity contribution in [1.29, 1.82) is 0 Å². The number of carbonyl (C=O) groups is 2. The third-order valence-electron chi connectivity index (χ3n) is 4.77. The fraction of sp³-hybridized carbons (Fsp3) is 0.556. The van der Waals surface area contributed by atoms with Crippen molar-refractivity contribution in [2.45, 2.75) is 31.5 Å². The van der Waals surface area contributed by atoms with E-state index >= 15 is 0 Å². The standard InChI is InChI=1S/C18H25N3O5/c1-11-16(19-5-7-26-11)17(22)20-15-4-6-21(18(15)23)12-8-13(24-2)10-14(9-12)25-3/h8-11,15-16,19H,4-7H2,1-3H3,(H,20,22)/t11-,15?,16+/m1/s1. The highest BCUT2D eigenvalue weighted by molar-refractivity contribution is 6.02. The molecule has 2 aliphatic rings. The van der Waals surface area contributed by atoms with Crippen molar-refractivity contribution in [2.24, 2.45) is 0 Å². The molecule has 3 rings (SSSR count). The first-order chi connectivity index (χ1) is 12.5. The Balaban J connectivity index is 1.69. The molecule has 8 nitrogen and oxygen atoms in total. The van der Waals surface area contributed by atoms with Gasteiger partial charge in [0.05, 0.1) is 32.6 Å². The molecule has 0 bridgehead atoms. The van der Waals surface area contributed by atoms with Gasteiger partial charge in [-0.25, -0.2) is 0 Å². The summed E-state index contributed by atoms with van der Waals surface area (Å²) in [5.41, 5.74) is 0.690. The molecule has 0 spiro atoms. The number of benzene rings is 1. The molecule has 3 atom stereocenters. The quantitative estimate of drug-likeness (QED) is 0.782. The summed E-state index contributed by atoms with van der Waals surface area (Å²) in [6.07, 6.45) is 0.325. The second-order valence-corrected chi connectivity index (χ2v) is 6.42. The predicted octanol–water partition coefficient (Wildman–Crippen LogP) is 0.302. The topological polar surface area (TPSA) is 89.1 Å². The van der Waals surface area contributed by atoms with Gasteiger partial charge in [0.25, 0.3) is 0 Å². The molecule has 0 saturated carbocycles. The van der Waals surface area contributed by atoms with Gasteiger partial charge in [0, 0.05) is 31.3 Å². The van der Waals surface area contributed by atoms with E-state index in [4.69, 9.17) is 14.2 Å². The van der Waals surface area contributed by atoms with Crippen LogP contribution in [0.4, 0.5) is 5.69 Å². The summed E-state index contributed by atoms with van der Waals surface area (Å²) in [5.74, 6) is 0.868. The smallest absolute Gasteiger partial charge is 0.249 e. The summed E-state index contributed by atoms with van der Waals surface area (Å²) in [6, 6.07) is 4.32. The van der Waals surface area contributed by atoms with Crippen LogP contribution in [0.5, 0.6) is 11.5 Å². The number of methoxy groups -OCH3 is 2. The van der Waals surface area contributed by atoms with E-state index in [0.29, 0.717) is 43.3 Å². The Morgan fingerprint density at radius 2 is 1.96 bits per heavy atom. The van der Waals surface area contributed by atoms with E-state index in [1.807, 2.05) is 6.92 Å². The molecule has 2 amide bonds. The number of hydrogen-bond acceptors (Lipinski definition) is 6. The van der Waals surface area contributed by atoms with Crippen molar-refractivity contribution in [2.75, 3.05) is 38.8 Å². The number of morpholine rings is 1. The zero-order chi connectivity index (χ0) is 18.7. The zero-order valence-electron chi connectivity index (χ0n) is 15.3. The van der Waals surface area contributed by atoms with Gasteiger partial charge in [0.2, 0.25) is 11.8 Å². The fourth-order valence-corrected chi connectivity index (χ4v) is 3.31. The van der Waals surface area contributed by atoms with Crippen LogP contribution < -0.4 is 25.0 Å². The molecule has 0 aliphatic carbocycles. The molecule has 26 heavy (non-hydrogen) atoms. The lowest BCUT2D eigenvalue weighted by Crippen LogP contribution is -2.57. The van der Waals surface area contributed by atoms with Crippen LogP contribution in [0.2, 0.25) is 0 Å². The number of rotatable bonds is 5. The van der Waals surface area contributed by atoms with Crippen LogP contribution in [0.3, 0.4) is 0 Å². The number of anilines is 1. The largest absolute Gasteiger partial charge is 0.497 e. The minimum Gasteiger partial charge on any atom is -0.497 e. The van der Waals surface area contributed by atoms with Crippen molar-refractivity contribution >= 4 is 17.5 Å². The third kappa shape index (κ3) is 3.76. The van der Waals surface area contributed by atoms with Crippen molar-refractivity contribution in [3.63, 3.8) is 0 Å². The van der Waals surface area contributed by atoms with Crippen LogP contribution in [0, 0.1) is 0 Å². The third-order valence-corrected chi connectivity index (χ3v) is 4.77. The lowest BCUT2D eigenvalue weighted by atomic mass is 10.1. The average molecular weight is 363 g/mol. The Bertz CT molecular complexity index is 659. The first-order valence-corrected chi connectivity index (χ1v) is 8.73. The first-order valence-electron chi connectivity index (χ1n) is 8.73. The van der Waals surface area contributed by atoms with Gasteiger partial charge < -0.3 is 29.7 Å². The summed E-state index contributed by atoms with van der Waals surface area (Å²) >= 11 is 0. The molecular weight excluding hydrogens is 338 g/mol. The zero-order valence-corrected chi connectivity index (χ0v) is 15.3. The van der Waals surface area contributed by atoms with E-state index < -0.39 is 12.1 Å². The van der Waals surface area contributed by atoms with E-state index in [9.17, 15) is 9.59 Å². The Labute approximate surface area is 152 Å². The molecule has 2 N–H and O–H groups in total. The van der Waals surface area contributed by atoms with Gasteiger partial charge >= 0.3 is 0 Å². The van der Waals surface area contributed by atoms with Crippen molar-refractivity contribution in [1.82, 2.24) is 10.6 Å². The maximum Gasteiger partial charge on any atom is 0.249 e. The van der Waals surface area contributed by atoms with Gasteiger partial charge in [0.15, 0.2) is 0 Å². The second kappa shape index (κ2) is 7.92. The van der Waals surface area contributed by atoms with E-state index in [0.717, 1.165) is 0 Å². The van der Waals surface area contributed by atoms with E-state index in [-0.39, 0.29) is 17.9 Å². The highest BCUT2D eigenvalue weighted by atomic mass is 16.5. The predicted molar refractivity (Wildman–Crippen MR) is 95.7 cm³/mol. The minimum atomic E-state index is -0.546. The summed E-state index contributed by atoms with van der Waals surface area (Å²) in [7, 11) is 3.13. The molecule has 0 aromatic heterocycles. The van der Waals surface area contributed by atoms with Crippen LogP contribution in [-0.4, -0.2) is 63.9 Å². The number of hydrogen-bond donors (Lipinski definition) is 2. The summed E-state index contributed by atoms with van der Waals surface area (Å²) < 4.78 is 16.0. The summed E-state index contributed by atoms with van der Waals surface area (Å²) in [4.78, 5) is 26.9. The number of ether oxygens (including phenoxy) is 3. The Hall–Kier alpha value is -2.32. The van der Waals surface area contributed by atoms with Gasteiger partial charge in [-0.15, -0.1) is 0 Å². The van der Waals surface area contributed by atoms with Crippen molar-refractivity contribution in [3.05, 3.63) is 18.2 Å². The van der Waals surface area contributed by atoms with Gasteiger partial charge in [-0.1, -0.05) is 0 Å². The Kier molecular flexibility index (Phi) is 5.63. The molecule has 1 unspecified atom stereocenters. The first kappa shape index (κ1) is 18.5. The monoisotopic (exact) mass is 363 g/mol. The normalized spacial score (nSPS) is 25.9. The van der Waals surface area contributed by atoms with Gasteiger partial charge in [-0.3, -0.25) is 9.59 Å². The molecule has 8 heteroatoms. The van der Waals surface area contributed by atoms with Crippen LogP contribution in [-0.2, 0) is 14.3 Å². The molecule has 2 aliphatic heterocycles. The van der Waals surface area contributed by atoms with Gasteiger partial charge in [-0.05, 0) is 13.3 Å². The number of carbonyl (C=O) groups excluding carboxylic acids is 2. The maximum absolute atomic E-state index is 12.8. The van der Waals surface area contributed by atoms with Crippen LogP contribution >= 0.6 is 0 Å². The maximum atomic E-state index is 12.8. The number of nitrogens with zero attached hydrogens (tertiary/aromatic N) is 1. The Morgan fingerprint density at radius 1 is 1.27 bits per heavy atom. The van der Waals surface area contributed by atoms with Crippen molar-refractivity contribution < 1.29 is 23.8 Å². The highest BCUT2D eigenvalue weighted by Gasteiger charge is 2.37. The molecule has 1 aromatic carbocycles.